The van der Waals surface area contributed by atoms with Gasteiger partial charge in [-0.15, -0.1) is 0 Å². The normalized spacial score (nSPS) is 11.6. The van der Waals surface area contributed by atoms with Gasteiger partial charge in [0.05, 0.1) is 9.92 Å². The number of benzene rings is 2. The Bertz CT molecular complexity index is 1180. The van der Waals surface area contributed by atoms with Gasteiger partial charge in [-0.25, -0.2) is 8.42 Å². The van der Waals surface area contributed by atoms with Crippen molar-refractivity contribution in [2.45, 2.75) is 4.90 Å². The maximum Gasteiger partial charge on any atom is 0.175 e. The molecule has 0 radical (unpaired) electrons. The minimum atomic E-state index is -3.24. The van der Waals surface area contributed by atoms with Crippen molar-refractivity contribution in [2.24, 2.45) is 0 Å². The summed E-state index contributed by atoms with van der Waals surface area (Å²) in [5, 5.41) is 0.673. The molecule has 0 saturated carbocycles. The summed E-state index contributed by atoms with van der Waals surface area (Å²) in [5.41, 5.74) is 5.98. The maximum atomic E-state index is 11.8. The fraction of sp³-hybridized carbons (Fsp3) is 0.0435. The summed E-state index contributed by atoms with van der Waals surface area (Å²) in [4.78, 5) is 0.297. The highest BCUT2D eigenvalue weighted by Crippen LogP contribution is 2.50. The molecule has 0 amide bonds. The molecule has 4 heteroatoms. The lowest BCUT2D eigenvalue weighted by molar-refractivity contribution is 0.602. The number of hydrogen-bond donors (Lipinski definition) is 0. The molecule has 0 N–H and O–H groups in total. The molecule has 0 bridgehead atoms. The van der Waals surface area contributed by atoms with Crippen LogP contribution in [0.5, 0.6) is 0 Å². The van der Waals surface area contributed by atoms with E-state index < -0.39 is 9.84 Å². The first-order chi connectivity index (χ1) is 13.0. The predicted molar refractivity (Wildman–Crippen MR) is 112 cm³/mol. The summed E-state index contributed by atoms with van der Waals surface area (Å²) in [6.45, 7) is 0. The molecule has 2 nitrogen and oxygen atoms in total. The number of hydrogen-bond acceptors (Lipinski definition) is 2. The van der Waals surface area contributed by atoms with E-state index in [-0.39, 0.29) is 0 Å². The lowest BCUT2D eigenvalue weighted by Gasteiger charge is -2.08. The lowest BCUT2D eigenvalue weighted by Crippen LogP contribution is -1.96. The second-order valence-corrected chi connectivity index (χ2v) is 8.86. The molecule has 0 aromatic heterocycles. The van der Waals surface area contributed by atoms with Gasteiger partial charge in [0.15, 0.2) is 9.84 Å². The summed E-state index contributed by atoms with van der Waals surface area (Å²) < 4.78 is 23.6. The Morgan fingerprint density at radius 2 is 1.15 bits per heavy atom. The third-order valence-corrected chi connectivity index (χ3v) is 6.17. The van der Waals surface area contributed by atoms with Gasteiger partial charge in [-0.2, -0.15) is 0 Å². The molecule has 0 aliphatic heterocycles. The van der Waals surface area contributed by atoms with E-state index in [1.807, 2.05) is 54.6 Å². The Morgan fingerprint density at radius 3 is 1.74 bits per heavy atom. The second-order valence-electron chi connectivity index (χ2n) is 6.46. The smallest absolute Gasteiger partial charge is 0.175 e. The first-order valence-corrected chi connectivity index (χ1v) is 10.8. The quantitative estimate of drug-likeness (QED) is 0.417. The molecule has 4 rings (SSSR count). The fourth-order valence-corrected chi connectivity index (χ4v) is 4.38. The van der Waals surface area contributed by atoms with Crippen LogP contribution in [0.1, 0.15) is 0 Å². The van der Waals surface area contributed by atoms with Crippen molar-refractivity contribution in [3.8, 4) is 33.4 Å². The van der Waals surface area contributed by atoms with Crippen molar-refractivity contribution in [3.05, 3.63) is 90.0 Å². The largest absolute Gasteiger partial charge is 0.224 e. The van der Waals surface area contributed by atoms with Gasteiger partial charge >= 0.3 is 0 Å². The van der Waals surface area contributed by atoms with E-state index in [1.54, 1.807) is 12.1 Å². The molecule has 0 saturated heterocycles. The van der Waals surface area contributed by atoms with Crippen molar-refractivity contribution < 1.29 is 8.42 Å². The third-order valence-electron chi connectivity index (χ3n) is 4.65. The van der Waals surface area contributed by atoms with E-state index in [0.717, 1.165) is 33.4 Å². The molecule has 0 atom stereocenters. The summed E-state index contributed by atoms with van der Waals surface area (Å²) in [5.74, 6) is 0. The van der Waals surface area contributed by atoms with E-state index in [2.05, 4.69) is 18.2 Å². The van der Waals surface area contributed by atoms with Crippen molar-refractivity contribution in [1.82, 2.24) is 0 Å². The van der Waals surface area contributed by atoms with Crippen LogP contribution in [0, 0.1) is 0 Å². The highest BCUT2D eigenvalue weighted by Gasteiger charge is 2.23. The molecular formula is C23H17ClO2S. The van der Waals surface area contributed by atoms with Crippen LogP contribution in [0.4, 0.5) is 0 Å². The van der Waals surface area contributed by atoms with Gasteiger partial charge in [0.1, 0.15) is 0 Å². The van der Waals surface area contributed by atoms with E-state index in [0.29, 0.717) is 9.92 Å². The van der Waals surface area contributed by atoms with Crippen molar-refractivity contribution in [2.75, 3.05) is 6.26 Å². The van der Waals surface area contributed by atoms with Gasteiger partial charge in [0.25, 0.3) is 0 Å². The molecular weight excluding hydrogens is 376 g/mol. The maximum absolute atomic E-state index is 11.8. The fourth-order valence-electron chi connectivity index (χ4n) is 3.38. The molecule has 0 fully saturated rings. The van der Waals surface area contributed by atoms with Crippen LogP contribution in [0.25, 0.3) is 33.4 Å². The average molecular weight is 393 g/mol. The van der Waals surface area contributed by atoms with E-state index in [4.69, 9.17) is 11.6 Å². The van der Waals surface area contributed by atoms with Crippen LogP contribution >= 0.6 is 11.6 Å². The average Bonchev–Trinajstić information content (AvgIpc) is 2.81. The van der Waals surface area contributed by atoms with Crippen LogP contribution in [0.3, 0.4) is 0 Å². The van der Waals surface area contributed by atoms with Gasteiger partial charge in [0, 0.05) is 17.4 Å². The van der Waals surface area contributed by atoms with E-state index >= 15 is 0 Å². The molecule has 0 heterocycles. The number of halogens is 1. The van der Waals surface area contributed by atoms with Gasteiger partial charge in [0.2, 0.25) is 0 Å². The van der Waals surface area contributed by atoms with Crippen LogP contribution in [0.15, 0.2) is 89.8 Å². The Hall–Kier alpha value is -2.62. The van der Waals surface area contributed by atoms with E-state index in [9.17, 15) is 8.42 Å². The zero-order valence-corrected chi connectivity index (χ0v) is 16.3. The van der Waals surface area contributed by atoms with Gasteiger partial charge in [-0.1, -0.05) is 84.4 Å². The molecule has 2 aromatic rings. The molecule has 2 aromatic carbocycles. The van der Waals surface area contributed by atoms with Crippen molar-refractivity contribution in [3.63, 3.8) is 0 Å². The summed E-state index contributed by atoms with van der Waals surface area (Å²) in [6, 6.07) is 27.1. The first-order valence-electron chi connectivity index (χ1n) is 8.53. The summed E-state index contributed by atoms with van der Waals surface area (Å²) in [6.07, 6.45) is 1.21. The zero-order valence-electron chi connectivity index (χ0n) is 14.7. The Balaban J connectivity index is 2.03. The number of fused-ring (bicyclic) bond motifs is 1. The third kappa shape index (κ3) is 3.25. The second kappa shape index (κ2) is 6.84. The lowest BCUT2D eigenvalue weighted by atomic mass is 9.96. The van der Waals surface area contributed by atoms with Gasteiger partial charge in [-0.05, 0) is 34.4 Å². The predicted octanol–water partition coefficient (Wildman–Crippen LogP) is 6.18. The Labute approximate surface area is 164 Å². The molecule has 2 aliphatic rings. The minimum absolute atomic E-state index is 0.297. The Morgan fingerprint density at radius 1 is 0.630 bits per heavy atom. The highest BCUT2D eigenvalue weighted by molar-refractivity contribution is 7.90. The van der Waals surface area contributed by atoms with E-state index in [1.165, 1.54) is 6.26 Å². The van der Waals surface area contributed by atoms with Crippen molar-refractivity contribution >= 4 is 21.4 Å². The summed E-state index contributed by atoms with van der Waals surface area (Å²) >= 11 is 6.82. The highest BCUT2D eigenvalue weighted by atomic mass is 35.5. The number of sulfone groups is 1. The summed E-state index contributed by atoms with van der Waals surface area (Å²) in [7, 11) is -3.24. The monoisotopic (exact) mass is 392 g/mol. The Kier molecular flexibility index (Phi) is 4.50. The zero-order chi connectivity index (χ0) is 19.0. The van der Waals surface area contributed by atoms with Crippen molar-refractivity contribution in [1.29, 1.82) is 0 Å². The van der Waals surface area contributed by atoms with Crippen LogP contribution in [-0.2, 0) is 9.84 Å². The minimum Gasteiger partial charge on any atom is -0.224 e. The van der Waals surface area contributed by atoms with Crippen LogP contribution in [-0.4, -0.2) is 14.7 Å². The van der Waals surface area contributed by atoms with Gasteiger partial charge in [-0.3, -0.25) is 0 Å². The molecule has 0 spiro atoms. The molecule has 2 aliphatic carbocycles. The first kappa shape index (κ1) is 17.8. The molecule has 134 valence electrons. The topological polar surface area (TPSA) is 34.1 Å². The molecule has 0 unspecified atom stereocenters. The molecule has 27 heavy (non-hydrogen) atoms. The van der Waals surface area contributed by atoms with Crippen LogP contribution < -0.4 is 0 Å². The number of rotatable bonds is 3. The standard InChI is InChI=1S/C23H17ClO2S/c1-27(25,26)18-14-12-17(13-15-18)22-21(16-8-4-2-5-9-16)19-10-6-3-7-11-20(19)23(22)24/h2-15H,1H3. The van der Waals surface area contributed by atoms with Gasteiger partial charge < -0.3 is 0 Å². The van der Waals surface area contributed by atoms with Crippen LogP contribution in [0.2, 0.25) is 5.02 Å². The SMILES string of the molecule is CS(=O)(=O)c1ccc(-c2c(Cl)c3cccccc-3c2-c2ccccc2)cc1.